The molecule has 0 aromatic heterocycles. The zero-order chi connectivity index (χ0) is 17.9. The molecule has 0 saturated carbocycles. The van der Waals surface area contributed by atoms with Crippen LogP contribution in [0.15, 0.2) is 35.5 Å². The Hall–Kier alpha value is -2.32. The predicted octanol–water partition coefficient (Wildman–Crippen LogP) is 2.57. The number of carbonyl (C=O) groups is 2. The van der Waals surface area contributed by atoms with Crippen molar-refractivity contribution in [3.05, 3.63) is 51.2 Å². The smallest absolute Gasteiger partial charge is 0.338 e. The van der Waals surface area contributed by atoms with E-state index in [0.29, 0.717) is 5.56 Å². The minimum Gasteiger partial charge on any atom is -0.463 e. The number of allylic oxidation sites excluding steroid dienone is 1. The standard InChI is InChI=1S/C14H13Cl2N3O5/c1-2-24-13(20)9-10(17-14(21)18-11(9)12(15)16)7-4-3-5-8(6-7)19(22)23/h3-6,10,12H,2H2,1H3,(H2,17,18,21). The van der Waals surface area contributed by atoms with Crippen LogP contribution in [0.5, 0.6) is 0 Å². The molecule has 1 heterocycles. The van der Waals surface area contributed by atoms with E-state index < -0.39 is 27.8 Å². The first-order chi connectivity index (χ1) is 11.3. The van der Waals surface area contributed by atoms with Gasteiger partial charge >= 0.3 is 12.0 Å². The zero-order valence-corrected chi connectivity index (χ0v) is 13.9. The number of hydrogen-bond acceptors (Lipinski definition) is 5. The van der Waals surface area contributed by atoms with Crippen LogP contribution in [-0.4, -0.2) is 28.4 Å². The summed E-state index contributed by atoms with van der Waals surface area (Å²) in [5, 5.41) is 15.8. The van der Waals surface area contributed by atoms with Gasteiger partial charge in [0.05, 0.1) is 28.8 Å². The molecule has 2 N–H and O–H groups in total. The van der Waals surface area contributed by atoms with Gasteiger partial charge in [-0.3, -0.25) is 10.1 Å². The Morgan fingerprint density at radius 2 is 2.17 bits per heavy atom. The molecular formula is C14H13Cl2N3O5. The Morgan fingerprint density at radius 1 is 1.46 bits per heavy atom. The highest BCUT2D eigenvalue weighted by atomic mass is 35.5. The predicted molar refractivity (Wildman–Crippen MR) is 86.7 cm³/mol. The van der Waals surface area contributed by atoms with Gasteiger partial charge in [-0.25, -0.2) is 9.59 Å². The molecule has 2 amide bonds. The molecule has 0 saturated heterocycles. The van der Waals surface area contributed by atoms with Crippen LogP contribution in [0.2, 0.25) is 0 Å². The Labute approximate surface area is 146 Å². The van der Waals surface area contributed by atoms with Gasteiger partial charge in [-0.1, -0.05) is 35.3 Å². The van der Waals surface area contributed by atoms with E-state index >= 15 is 0 Å². The third kappa shape index (κ3) is 3.77. The number of nitrogens with zero attached hydrogens (tertiary/aromatic N) is 1. The summed E-state index contributed by atoms with van der Waals surface area (Å²) in [5.41, 5.74) is 0.121. The van der Waals surface area contributed by atoms with Gasteiger partial charge < -0.3 is 15.4 Å². The average Bonchev–Trinajstić information content (AvgIpc) is 2.54. The van der Waals surface area contributed by atoms with Gasteiger partial charge in [0.25, 0.3) is 5.69 Å². The molecule has 128 valence electrons. The number of nitrogens with one attached hydrogen (secondary N) is 2. The van der Waals surface area contributed by atoms with Gasteiger partial charge in [0.15, 0.2) is 0 Å². The van der Waals surface area contributed by atoms with Crippen LogP contribution in [0.25, 0.3) is 0 Å². The van der Waals surface area contributed by atoms with Crippen molar-refractivity contribution >= 4 is 40.9 Å². The molecule has 1 aliphatic rings. The minimum absolute atomic E-state index is 0.00746. The quantitative estimate of drug-likeness (QED) is 0.356. The molecule has 8 nitrogen and oxygen atoms in total. The first-order valence-electron chi connectivity index (χ1n) is 6.86. The average molecular weight is 374 g/mol. The van der Waals surface area contributed by atoms with Crippen molar-refractivity contribution in [1.82, 2.24) is 10.6 Å². The summed E-state index contributed by atoms with van der Waals surface area (Å²) in [4.78, 5) is 33.3. The van der Waals surface area contributed by atoms with Gasteiger partial charge in [-0.15, -0.1) is 0 Å². The molecule has 1 aromatic carbocycles. The van der Waals surface area contributed by atoms with Crippen LogP contribution < -0.4 is 10.6 Å². The van der Waals surface area contributed by atoms with Crippen LogP contribution in [0.3, 0.4) is 0 Å². The maximum absolute atomic E-state index is 12.3. The molecule has 2 rings (SSSR count). The van der Waals surface area contributed by atoms with Crippen molar-refractivity contribution in [2.75, 3.05) is 6.61 Å². The fraction of sp³-hybridized carbons (Fsp3) is 0.286. The van der Waals surface area contributed by atoms with Crippen LogP contribution in [0.1, 0.15) is 18.5 Å². The first kappa shape index (κ1) is 18.0. The van der Waals surface area contributed by atoms with Crippen LogP contribution >= 0.6 is 23.2 Å². The lowest BCUT2D eigenvalue weighted by Crippen LogP contribution is -2.47. The van der Waals surface area contributed by atoms with E-state index in [1.165, 1.54) is 24.3 Å². The molecule has 1 aromatic rings. The minimum atomic E-state index is -1.18. The molecule has 0 bridgehead atoms. The van der Waals surface area contributed by atoms with Gasteiger partial charge in [0.1, 0.15) is 4.84 Å². The second-order valence-electron chi connectivity index (χ2n) is 4.73. The largest absolute Gasteiger partial charge is 0.463 e. The topological polar surface area (TPSA) is 111 Å². The Balaban J connectivity index is 2.57. The first-order valence-corrected chi connectivity index (χ1v) is 7.73. The number of carbonyl (C=O) groups excluding carboxylic acids is 2. The van der Waals surface area contributed by atoms with Crippen LogP contribution in [0.4, 0.5) is 10.5 Å². The van der Waals surface area contributed by atoms with Gasteiger partial charge in [0.2, 0.25) is 0 Å². The number of nitro benzene ring substituents is 1. The van der Waals surface area contributed by atoms with E-state index in [1.54, 1.807) is 6.92 Å². The summed E-state index contributed by atoms with van der Waals surface area (Å²) in [6.07, 6.45) is 0. The molecule has 1 atom stereocenters. The molecule has 1 unspecified atom stereocenters. The number of alkyl halides is 2. The summed E-state index contributed by atoms with van der Waals surface area (Å²) >= 11 is 11.7. The van der Waals surface area contributed by atoms with Crippen molar-refractivity contribution in [3.63, 3.8) is 0 Å². The highest BCUT2D eigenvalue weighted by Gasteiger charge is 2.36. The lowest BCUT2D eigenvalue weighted by Gasteiger charge is -2.29. The third-order valence-corrected chi connectivity index (χ3v) is 3.67. The molecule has 0 spiro atoms. The number of non-ortho nitro benzene ring substituents is 1. The number of ether oxygens (including phenoxy) is 1. The molecule has 0 fully saturated rings. The van der Waals surface area contributed by atoms with E-state index in [2.05, 4.69) is 10.6 Å². The summed E-state index contributed by atoms with van der Waals surface area (Å²) in [6.45, 7) is 1.72. The second kappa shape index (κ2) is 7.50. The maximum Gasteiger partial charge on any atom is 0.338 e. The van der Waals surface area contributed by atoms with Gasteiger partial charge in [-0.05, 0) is 12.5 Å². The lowest BCUT2D eigenvalue weighted by atomic mass is 9.95. The number of halogens is 2. The Bertz CT molecular complexity index is 720. The van der Waals surface area contributed by atoms with Crippen LogP contribution in [-0.2, 0) is 9.53 Å². The summed E-state index contributed by atoms with van der Waals surface area (Å²) in [7, 11) is 0. The number of amides is 2. The van der Waals surface area contributed by atoms with E-state index in [-0.39, 0.29) is 23.6 Å². The molecule has 0 aliphatic carbocycles. The highest BCUT2D eigenvalue weighted by Crippen LogP contribution is 2.32. The number of urea groups is 1. The fourth-order valence-electron chi connectivity index (χ4n) is 2.26. The van der Waals surface area contributed by atoms with Crippen LogP contribution in [0, 0.1) is 10.1 Å². The Kier molecular flexibility index (Phi) is 5.63. The second-order valence-corrected chi connectivity index (χ2v) is 5.83. The third-order valence-electron chi connectivity index (χ3n) is 3.23. The van der Waals surface area contributed by atoms with Crippen molar-refractivity contribution in [3.8, 4) is 0 Å². The maximum atomic E-state index is 12.3. The van der Waals surface area contributed by atoms with Crippen molar-refractivity contribution in [2.24, 2.45) is 0 Å². The number of hydrogen-bond donors (Lipinski definition) is 2. The van der Waals surface area contributed by atoms with E-state index in [4.69, 9.17) is 27.9 Å². The molecule has 1 aliphatic heterocycles. The Morgan fingerprint density at radius 3 is 2.75 bits per heavy atom. The number of rotatable bonds is 5. The van der Waals surface area contributed by atoms with Crippen molar-refractivity contribution in [2.45, 2.75) is 17.8 Å². The lowest BCUT2D eigenvalue weighted by molar-refractivity contribution is -0.384. The van der Waals surface area contributed by atoms with E-state index in [1.807, 2.05) is 0 Å². The summed E-state index contributed by atoms with van der Waals surface area (Å²) in [5.74, 6) is -0.734. The van der Waals surface area contributed by atoms with E-state index in [9.17, 15) is 19.7 Å². The molecule has 0 radical (unpaired) electrons. The monoisotopic (exact) mass is 373 g/mol. The van der Waals surface area contributed by atoms with Gasteiger partial charge in [0, 0.05) is 12.1 Å². The van der Waals surface area contributed by atoms with E-state index in [0.717, 1.165) is 0 Å². The normalized spacial score (nSPS) is 17.3. The fourth-order valence-corrected chi connectivity index (χ4v) is 2.61. The number of nitro groups is 1. The molecular weight excluding hydrogens is 361 g/mol. The zero-order valence-electron chi connectivity index (χ0n) is 12.4. The molecule has 24 heavy (non-hydrogen) atoms. The SMILES string of the molecule is CCOC(=O)C1=C(C(Cl)Cl)NC(=O)NC1c1cccc([N+](=O)[O-])c1. The summed E-state index contributed by atoms with van der Waals surface area (Å²) < 4.78 is 4.99. The summed E-state index contributed by atoms with van der Waals surface area (Å²) in [6, 6.07) is 3.92. The molecule has 10 heteroatoms. The van der Waals surface area contributed by atoms with Crippen molar-refractivity contribution < 1.29 is 19.2 Å². The number of esters is 1. The van der Waals surface area contributed by atoms with Gasteiger partial charge in [-0.2, -0.15) is 0 Å². The highest BCUT2D eigenvalue weighted by molar-refractivity contribution is 6.46. The number of benzene rings is 1. The van der Waals surface area contributed by atoms with Crippen molar-refractivity contribution in [1.29, 1.82) is 0 Å².